The summed E-state index contributed by atoms with van der Waals surface area (Å²) in [5.41, 5.74) is 4.45. The number of fused-ring (bicyclic) bond motifs is 1. The van der Waals surface area contributed by atoms with Gasteiger partial charge in [0.15, 0.2) is 5.82 Å². The molecule has 0 unspecified atom stereocenters. The van der Waals surface area contributed by atoms with Crippen molar-refractivity contribution >= 4 is 38.3 Å². The van der Waals surface area contributed by atoms with E-state index in [2.05, 4.69) is 25.9 Å². The summed E-state index contributed by atoms with van der Waals surface area (Å²) in [5.74, 6) is 1.47. The van der Waals surface area contributed by atoms with Crippen LogP contribution in [0.3, 0.4) is 0 Å². The highest BCUT2D eigenvalue weighted by Gasteiger charge is 2.17. The molecule has 2 aromatic heterocycles. The number of benzene rings is 2. The van der Waals surface area contributed by atoms with Crippen LogP contribution in [0.2, 0.25) is 0 Å². The van der Waals surface area contributed by atoms with Gasteiger partial charge in [0.25, 0.3) is 0 Å². The number of para-hydroxylation sites is 2. The van der Waals surface area contributed by atoms with Crippen molar-refractivity contribution in [3.05, 3.63) is 63.9 Å². The maximum absolute atomic E-state index is 10.5. The quantitative estimate of drug-likeness (QED) is 0.494. The Morgan fingerprint density at radius 1 is 1.19 bits per heavy atom. The van der Waals surface area contributed by atoms with Crippen LogP contribution in [0.4, 0.5) is 0 Å². The van der Waals surface area contributed by atoms with Gasteiger partial charge in [0.1, 0.15) is 24.2 Å². The molecule has 0 saturated carbocycles. The van der Waals surface area contributed by atoms with Crippen molar-refractivity contribution in [3.63, 3.8) is 0 Å². The van der Waals surface area contributed by atoms with Crippen molar-refractivity contribution in [2.24, 2.45) is 0 Å². The predicted molar refractivity (Wildman–Crippen MR) is 106 cm³/mol. The number of aliphatic hydroxyl groups is 1. The SMILES string of the molecule is O[C@H](COc1cccc(Br)c1)Cn1c(-c2cscn2)nc2ccccc21. The number of hydrogen-bond acceptors (Lipinski definition) is 5. The van der Waals surface area contributed by atoms with Crippen LogP contribution < -0.4 is 4.74 Å². The number of rotatable bonds is 6. The summed E-state index contributed by atoms with van der Waals surface area (Å²) in [6.45, 7) is 0.570. The Kier molecular flexibility index (Phi) is 5.01. The third-order valence-corrected chi connectivity index (χ3v) is 5.03. The fourth-order valence-electron chi connectivity index (χ4n) is 2.79. The van der Waals surface area contributed by atoms with Gasteiger partial charge in [0.2, 0.25) is 0 Å². The Labute approximate surface area is 163 Å². The van der Waals surface area contributed by atoms with Crippen molar-refractivity contribution < 1.29 is 9.84 Å². The Morgan fingerprint density at radius 2 is 2.08 bits per heavy atom. The normalized spacial score (nSPS) is 12.4. The Morgan fingerprint density at radius 3 is 2.88 bits per heavy atom. The molecule has 0 amide bonds. The van der Waals surface area contributed by atoms with Crippen LogP contribution in [0.15, 0.2) is 63.9 Å². The maximum atomic E-state index is 10.5. The molecule has 5 nitrogen and oxygen atoms in total. The molecule has 0 spiro atoms. The lowest BCUT2D eigenvalue weighted by Crippen LogP contribution is -2.24. The lowest BCUT2D eigenvalue weighted by molar-refractivity contribution is 0.0937. The number of hydrogen-bond donors (Lipinski definition) is 1. The molecule has 1 atom stereocenters. The van der Waals surface area contributed by atoms with E-state index < -0.39 is 6.10 Å². The van der Waals surface area contributed by atoms with E-state index in [1.54, 1.807) is 5.51 Å². The minimum atomic E-state index is -0.677. The van der Waals surface area contributed by atoms with Crippen LogP contribution >= 0.6 is 27.3 Å². The predicted octanol–water partition coefficient (Wildman–Crippen LogP) is 4.36. The van der Waals surface area contributed by atoms with Gasteiger partial charge in [0, 0.05) is 9.85 Å². The molecule has 7 heteroatoms. The van der Waals surface area contributed by atoms with Gasteiger partial charge in [-0.05, 0) is 30.3 Å². The first kappa shape index (κ1) is 17.2. The summed E-state index contributed by atoms with van der Waals surface area (Å²) in [5, 5.41) is 12.5. The van der Waals surface area contributed by atoms with Crippen molar-refractivity contribution in [2.75, 3.05) is 6.61 Å². The highest BCUT2D eigenvalue weighted by molar-refractivity contribution is 9.10. The summed E-state index contributed by atoms with van der Waals surface area (Å²) < 4.78 is 8.65. The first-order valence-corrected chi connectivity index (χ1v) is 9.84. The third kappa shape index (κ3) is 3.65. The second-order valence-corrected chi connectivity index (χ2v) is 7.46. The molecule has 4 rings (SSSR count). The number of nitrogens with zero attached hydrogens (tertiary/aromatic N) is 3. The van der Waals surface area contributed by atoms with E-state index in [1.165, 1.54) is 11.3 Å². The van der Waals surface area contributed by atoms with Crippen molar-refractivity contribution in [1.29, 1.82) is 0 Å². The number of imidazole rings is 1. The standard InChI is InChI=1S/C19H16BrN3O2S/c20-13-4-3-5-15(8-13)25-10-14(24)9-23-18-7-2-1-6-16(18)22-19(23)17-11-26-12-21-17/h1-8,11-12,14,24H,9-10H2/t14-/m0/s1. The number of aromatic nitrogens is 3. The van der Waals surface area contributed by atoms with Crippen molar-refractivity contribution in [2.45, 2.75) is 12.6 Å². The summed E-state index contributed by atoms with van der Waals surface area (Å²) in [4.78, 5) is 9.06. The van der Waals surface area contributed by atoms with Crippen LogP contribution in [0.25, 0.3) is 22.6 Å². The van der Waals surface area contributed by atoms with Gasteiger partial charge < -0.3 is 14.4 Å². The molecule has 0 bridgehead atoms. The minimum Gasteiger partial charge on any atom is -0.491 e. The zero-order valence-corrected chi connectivity index (χ0v) is 16.2. The molecular formula is C19H16BrN3O2S. The first-order valence-electron chi connectivity index (χ1n) is 8.11. The van der Waals surface area contributed by atoms with Crippen LogP contribution in [-0.4, -0.2) is 32.4 Å². The number of thiazole rings is 1. The van der Waals surface area contributed by atoms with E-state index in [4.69, 9.17) is 4.74 Å². The van der Waals surface area contributed by atoms with Crippen molar-refractivity contribution in [3.8, 4) is 17.3 Å². The van der Waals surface area contributed by atoms with Crippen molar-refractivity contribution in [1.82, 2.24) is 14.5 Å². The Bertz CT molecular complexity index is 1020. The number of ether oxygens (including phenoxy) is 1. The van der Waals surface area contributed by atoms with Crippen LogP contribution in [0.1, 0.15) is 0 Å². The monoisotopic (exact) mass is 429 g/mol. The second kappa shape index (κ2) is 7.57. The maximum Gasteiger partial charge on any atom is 0.160 e. The molecule has 0 aliphatic carbocycles. The highest BCUT2D eigenvalue weighted by Crippen LogP contribution is 2.25. The zero-order chi connectivity index (χ0) is 17.9. The zero-order valence-electron chi connectivity index (χ0n) is 13.7. The largest absolute Gasteiger partial charge is 0.491 e. The molecule has 132 valence electrons. The van der Waals surface area contributed by atoms with Gasteiger partial charge in [-0.2, -0.15) is 0 Å². The topological polar surface area (TPSA) is 60.2 Å². The van der Waals surface area contributed by atoms with E-state index in [-0.39, 0.29) is 6.61 Å². The molecule has 0 aliphatic rings. The highest BCUT2D eigenvalue weighted by atomic mass is 79.9. The molecule has 26 heavy (non-hydrogen) atoms. The fraction of sp³-hybridized carbons (Fsp3) is 0.158. The fourth-order valence-corrected chi connectivity index (χ4v) is 3.70. The molecule has 0 aliphatic heterocycles. The molecule has 2 heterocycles. The van der Waals surface area contributed by atoms with Gasteiger partial charge in [-0.1, -0.05) is 34.1 Å². The van der Waals surface area contributed by atoms with E-state index in [0.717, 1.165) is 27.0 Å². The molecule has 1 N–H and O–H groups in total. The molecular weight excluding hydrogens is 414 g/mol. The van der Waals surface area contributed by atoms with Gasteiger partial charge in [-0.25, -0.2) is 9.97 Å². The Balaban J connectivity index is 1.57. The number of halogens is 1. The van der Waals surface area contributed by atoms with E-state index in [1.807, 2.05) is 58.5 Å². The first-order chi connectivity index (χ1) is 12.7. The molecule has 0 saturated heterocycles. The smallest absolute Gasteiger partial charge is 0.160 e. The summed E-state index contributed by atoms with van der Waals surface area (Å²) in [7, 11) is 0. The lowest BCUT2D eigenvalue weighted by atomic mass is 10.3. The van der Waals surface area contributed by atoms with Crippen LogP contribution in [0.5, 0.6) is 5.75 Å². The molecule has 2 aromatic carbocycles. The van der Waals surface area contributed by atoms with E-state index in [0.29, 0.717) is 12.3 Å². The average Bonchev–Trinajstić information content (AvgIpc) is 3.28. The summed E-state index contributed by atoms with van der Waals surface area (Å²) in [6.07, 6.45) is -0.677. The summed E-state index contributed by atoms with van der Waals surface area (Å²) in [6, 6.07) is 15.5. The molecule has 0 radical (unpaired) electrons. The third-order valence-electron chi connectivity index (χ3n) is 3.95. The Hall–Kier alpha value is -2.22. The van der Waals surface area contributed by atoms with E-state index >= 15 is 0 Å². The van der Waals surface area contributed by atoms with Crippen LogP contribution in [0, 0.1) is 0 Å². The van der Waals surface area contributed by atoms with Gasteiger partial charge >= 0.3 is 0 Å². The summed E-state index contributed by atoms with van der Waals surface area (Å²) >= 11 is 4.94. The van der Waals surface area contributed by atoms with Gasteiger partial charge in [0.05, 0.1) is 23.1 Å². The average molecular weight is 430 g/mol. The molecule has 4 aromatic rings. The molecule has 0 fully saturated rings. The van der Waals surface area contributed by atoms with Gasteiger partial charge in [-0.3, -0.25) is 0 Å². The van der Waals surface area contributed by atoms with Gasteiger partial charge in [-0.15, -0.1) is 11.3 Å². The number of aliphatic hydroxyl groups excluding tert-OH is 1. The van der Waals surface area contributed by atoms with E-state index in [9.17, 15) is 5.11 Å². The second-order valence-electron chi connectivity index (χ2n) is 5.83. The lowest BCUT2D eigenvalue weighted by Gasteiger charge is -2.15. The van der Waals surface area contributed by atoms with Crippen LogP contribution in [-0.2, 0) is 6.54 Å². The minimum absolute atomic E-state index is 0.194.